The summed E-state index contributed by atoms with van der Waals surface area (Å²) in [4.78, 5) is 8.84. The number of anilines is 3. The van der Waals surface area contributed by atoms with E-state index in [-0.39, 0.29) is 42.1 Å². The van der Waals surface area contributed by atoms with Crippen LogP contribution in [-0.2, 0) is 42.1 Å². The van der Waals surface area contributed by atoms with Crippen LogP contribution in [-0.4, -0.2) is 16.6 Å². The molecular formula is C55H35N4OPt2-3. The van der Waals surface area contributed by atoms with Gasteiger partial charge >= 0.3 is 21.1 Å². The topological polar surface area (TPSA) is 33.5 Å². The fraction of sp³-hybridized carbons (Fsp3) is 0.0182. The van der Waals surface area contributed by atoms with Crippen molar-refractivity contribution in [1.29, 1.82) is 0 Å². The minimum absolute atomic E-state index is 0. The number of pyridine rings is 1. The molecule has 0 spiro atoms. The van der Waals surface area contributed by atoms with E-state index in [0.29, 0.717) is 22.8 Å². The normalized spacial score (nSPS) is 11.2. The Hall–Kier alpha value is -6.69. The van der Waals surface area contributed by atoms with Crippen molar-refractivity contribution in [2.45, 2.75) is 0 Å². The summed E-state index contributed by atoms with van der Waals surface area (Å²) in [6.07, 6.45) is 11.9. The van der Waals surface area contributed by atoms with Gasteiger partial charge in [-0.1, -0.05) is 90.7 Å². The van der Waals surface area contributed by atoms with Crippen LogP contribution in [0.1, 0.15) is 0 Å². The molecule has 0 fully saturated rings. The first-order valence-corrected chi connectivity index (χ1v) is 19.4. The third-order valence-electron chi connectivity index (χ3n) is 10.0. The zero-order chi connectivity index (χ0) is 40.7. The van der Waals surface area contributed by atoms with Crippen molar-refractivity contribution in [2.75, 3.05) is 16.8 Å². The van der Waals surface area contributed by atoms with Crippen molar-refractivity contribution < 1.29 is 46.9 Å². The molecule has 2 aromatic heterocycles. The maximum absolute atomic E-state index is 6.57. The van der Waals surface area contributed by atoms with Crippen LogP contribution in [0, 0.1) is 49.5 Å². The van der Waals surface area contributed by atoms with Crippen LogP contribution in [0.4, 0.5) is 17.1 Å². The zero-order valence-corrected chi connectivity index (χ0v) is 37.8. The number of aromatic nitrogens is 2. The SMILES string of the molecule is CN1[CH-]N(c2[c-]c(Oc3[c-]c(-c4[c-]c(-c5[c-]cccc5)ccn4)[c-]cc3)ccc2)c2ccc(-c3c(-c4ccccc4)cccc3-c3ccccc3)cc21.[C-]#Cn1cccc1.[Pt+4].[Pt]. The van der Waals surface area contributed by atoms with Gasteiger partial charge in [-0.15, -0.1) is 30.0 Å². The third-order valence-corrected chi connectivity index (χ3v) is 10.0. The van der Waals surface area contributed by atoms with Gasteiger partial charge < -0.3 is 42.1 Å². The van der Waals surface area contributed by atoms with Crippen molar-refractivity contribution in [3.63, 3.8) is 0 Å². The molecule has 5 nitrogen and oxygen atoms in total. The Kier molecular flexibility index (Phi) is 14.2. The Morgan fingerprint density at radius 2 is 1.31 bits per heavy atom. The van der Waals surface area contributed by atoms with Crippen LogP contribution >= 0.6 is 0 Å². The summed E-state index contributed by atoms with van der Waals surface area (Å²) in [7, 11) is 2.08. The molecule has 0 saturated heterocycles. The van der Waals surface area contributed by atoms with Crippen molar-refractivity contribution in [1.82, 2.24) is 9.55 Å². The molecule has 0 amide bonds. The maximum atomic E-state index is 6.57. The number of rotatable bonds is 8. The molecule has 7 heteroatoms. The summed E-state index contributed by atoms with van der Waals surface area (Å²) in [6.45, 7) is 2.09. The molecule has 0 saturated carbocycles. The van der Waals surface area contributed by atoms with Crippen molar-refractivity contribution in [3.8, 4) is 73.3 Å². The van der Waals surface area contributed by atoms with Gasteiger partial charge in [0.25, 0.3) is 0 Å². The first-order valence-electron chi connectivity index (χ1n) is 19.4. The molecule has 9 aromatic rings. The quantitative estimate of drug-likeness (QED) is 0.112. The van der Waals surface area contributed by atoms with Crippen molar-refractivity contribution in [3.05, 3.63) is 232 Å². The van der Waals surface area contributed by atoms with Gasteiger partial charge in [0.1, 0.15) is 0 Å². The van der Waals surface area contributed by atoms with E-state index in [1.807, 2.05) is 72.8 Å². The average Bonchev–Trinajstić information content (AvgIpc) is 3.98. The Morgan fingerprint density at radius 1 is 0.613 bits per heavy atom. The van der Waals surface area contributed by atoms with Gasteiger partial charge in [0.2, 0.25) is 0 Å². The van der Waals surface area contributed by atoms with E-state index in [1.54, 1.807) is 23.2 Å². The molecule has 0 atom stereocenters. The fourth-order valence-electron chi connectivity index (χ4n) is 7.22. The minimum atomic E-state index is 0. The van der Waals surface area contributed by atoms with Crippen LogP contribution in [0.2, 0.25) is 0 Å². The van der Waals surface area contributed by atoms with Crippen LogP contribution in [0.5, 0.6) is 11.5 Å². The Labute approximate surface area is 392 Å². The van der Waals surface area contributed by atoms with Crippen LogP contribution < -0.4 is 14.5 Å². The van der Waals surface area contributed by atoms with Crippen LogP contribution in [0.15, 0.2) is 188 Å². The molecule has 1 aliphatic heterocycles. The Balaban J connectivity index is 0.000000587. The van der Waals surface area contributed by atoms with Gasteiger partial charge in [0.15, 0.2) is 0 Å². The van der Waals surface area contributed by atoms with E-state index in [2.05, 4.69) is 162 Å². The molecule has 0 N–H and O–H groups in total. The summed E-state index contributed by atoms with van der Waals surface area (Å²) < 4.78 is 7.87. The van der Waals surface area contributed by atoms with Crippen molar-refractivity contribution >= 4 is 17.1 Å². The number of nitrogens with zero attached hydrogens (tertiary/aromatic N) is 4. The predicted octanol–water partition coefficient (Wildman–Crippen LogP) is 12.8. The summed E-state index contributed by atoms with van der Waals surface area (Å²) in [5.74, 6) is 1.11. The molecule has 1 aliphatic rings. The number of hydrogen-bond donors (Lipinski definition) is 0. The van der Waals surface area contributed by atoms with E-state index in [4.69, 9.17) is 11.2 Å². The number of fused-ring (bicyclic) bond motifs is 1. The standard InChI is InChI=1S/C49H31N3O.C6H4N.2Pt/c1-51-34-52(41-21-12-23-43(33-41)53-42-22-11-20-39(30-42)46-31-38(28-29-50-46)35-14-5-2-6-15-35)47-27-26-40(32-48(47)51)49-44(36-16-7-3-8-17-36)24-13-25-45(49)37-18-9-4-10-19-37;1-2-7-5-3-4-6-7;;/h2-14,16-19,21-29,32,34H,1H3;3-6H;;/q-6;-1;;+4. The Bertz CT molecular complexity index is 2860. The molecule has 0 aliphatic carbocycles. The van der Waals surface area contributed by atoms with Gasteiger partial charge in [-0.05, 0) is 70.9 Å². The van der Waals surface area contributed by atoms with Gasteiger partial charge in [0, 0.05) is 50.6 Å². The average molecular weight is 1160 g/mol. The Morgan fingerprint density at radius 3 is 1.98 bits per heavy atom. The zero-order valence-electron chi connectivity index (χ0n) is 33.3. The monoisotopic (exact) mass is 1160 g/mol. The van der Waals surface area contributed by atoms with Crippen molar-refractivity contribution in [2.24, 2.45) is 0 Å². The second-order valence-corrected chi connectivity index (χ2v) is 13.9. The minimum Gasteiger partial charge on any atom is -0.669 e. The second-order valence-electron chi connectivity index (χ2n) is 13.9. The molecule has 0 radical (unpaired) electrons. The number of hydrogen-bond acceptors (Lipinski definition) is 4. The molecule has 10 rings (SSSR count). The van der Waals surface area contributed by atoms with E-state index in [0.717, 1.165) is 33.8 Å². The van der Waals surface area contributed by atoms with E-state index >= 15 is 0 Å². The molecule has 0 bridgehead atoms. The molecule has 7 aromatic carbocycles. The van der Waals surface area contributed by atoms with Gasteiger partial charge in [-0.3, -0.25) is 12.1 Å². The van der Waals surface area contributed by atoms with E-state index in [1.165, 1.54) is 27.8 Å². The fourth-order valence-corrected chi connectivity index (χ4v) is 7.22. The van der Waals surface area contributed by atoms with Gasteiger partial charge in [-0.25, -0.2) is 23.2 Å². The second kappa shape index (κ2) is 20.2. The molecular weight excluding hydrogens is 1120 g/mol. The van der Waals surface area contributed by atoms with Crippen LogP contribution in [0.25, 0.3) is 55.8 Å². The smallest absolute Gasteiger partial charge is 0.669 e. The number of ether oxygens (including phenoxy) is 1. The van der Waals surface area contributed by atoms with E-state index in [9.17, 15) is 0 Å². The summed E-state index contributed by atoms with van der Waals surface area (Å²) in [5, 5.41) is 0. The maximum Gasteiger partial charge on any atom is 4.00 e. The van der Waals surface area contributed by atoms with Gasteiger partial charge in [-0.2, -0.15) is 54.8 Å². The summed E-state index contributed by atoms with van der Waals surface area (Å²) >= 11 is 0. The largest absolute Gasteiger partial charge is 4.00 e. The first kappa shape index (κ1) is 43.4. The molecule has 0 unspecified atom stereocenters. The molecule has 3 heterocycles. The first-order chi connectivity index (χ1) is 29.6. The van der Waals surface area contributed by atoms with Crippen LogP contribution in [0.3, 0.4) is 0 Å². The predicted molar refractivity (Wildman–Crippen MR) is 240 cm³/mol. The molecule has 62 heavy (non-hydrogen) atoms. The molecule has 304 valence electrons. The third kappa shape index (κ3) is 9.59. The number of benzene rings is 7. The van der Waals surface area contributed by atoms with Gasteiger partial charge in [0.05, 0.1) is 0 Å². The summed E-state index contributed by atoms with van der Waals surface area (Å²) in [6, 6.07) is 76.4. The van der Waals surface area contributed by atoms with E-state index < -0.39 is 0 Å². The summed E-state index contributed by atoms with van der Waals surface area (Å²) in [5.41, 5.74) is 13.3.